The fourth-order valence-electron chi connectivity index (χ4n) is 2.62. The summed E-state index contributed by atoms with van der Waals surface area (Å²) in [5.41, 5.74) is 2.61. The Kier molecular flexibility index (Phi) is 6.80. The van der Waals surface area contributed by atoms with Gasteiger partial charge in [-0.15, -0.1) is 0 Å². The zero-order valence-electron chi connectivity index (χ0n) is 14.9. The van der Waals surface area contributed by atoms with E-state index in [2.05, 4.69) is 9.88 Å². The molecule has 1 aliphatic rings. The molecule has 3 rings (SSSR count). The molecular weight excluding hydrogens is 418 g/mol. The number of hydrogen-bond donors (Lipinski definition) is 2. The molecule has 7 nitrogen and oxygen atoms in total. The number of alkyl halides is 3. The van der Waals surface area contributed by atoms with Crippen LogP contribution in [0.2, 0.25) is 0 Å². The summed E-state index contributed by atoms with van der Waals surface area (Å²) in [5.74, 6) is -1.54. The van der Waals surface area contributed by atoms with Crippen LogP contribution in [-0.2, 0) is 16.3 Å². The van der Waals surface area contributed by atoms with Crippen LogP contribution in [0.1, 0.15) is 28.8 Å². The van der Waals surface area contributed by atoms with E-state index in [1.165, 1.54) is 12.3 Å². The van der Waals surface area contributed by atoms with Crippen molar-refractivity contribution >= 4 is 21.8 Å². The highest BCUT2D eigenvalue weighted by atomic mass is 32.2. The predicted molar refractivity (Wildman–Crippen MR) is 95.4 cm³/mol. The van der Waals surface area contributed by atoms with Crippen molar-refractivity contribution in [2.45, 2.75) is 23.9 Å². The average molecular weight is 435 g/mol. The second-order valence-corrected chi connectivity index (χ2v) is 7.49. The topological polar surface area (TPSA) is 114 Å². The number of nitrogens with two attached hydrogens (primary N) is 1. The van der Waals surface area contributed by atoms with Crippen molar-refractivity contribution in [3.63, 3.8) is 0 Å². The van der Waals surface area contributed by atoms with Crippen molar-refractivity contribution in [1.29, 1.82) is 0 Å². The molecule has 1 aromatic heterocycles. The smallest absolute Gasteiger partial charge is 0.366 e. The number of halogens is 4. The van der Waals surface area contributed by atoms with Gasteiger partial charge in [0.15, 0.2) is 0 Å². The maximum absolute atomic E-state index is 12.5. The Morgan fingerprint density at radius 2 is 1.76 bits per heavy atom. The minimum atomic E-state index is -4.79. The molecule has 0 radical (unpaired) electrons. The van der Waals surface area contributed by atoms with Crippen LogP contribution >= 0.6 is 0 Å². The van der Waals surface area contributed by atoms with Crippen molar-refractivity contribution in [2.75, 3.05) is 18.0 Å². The van der Waals surface area contributed by atoms with Gasteiger partial charge in [-0.05, 0) is 43.2 Å². The molecule has 1 saturated heterocycles. The van der Waals surface area contributed by atoms with Crippen LogP contribution in [0.25, 0.3) is 0 Å². The number of primary amides is 1. The third-order valence-electron chi connectivity index (χ3n) is 4.00. The Hall–Kier alpha value is -2.73. The molecule has 29 heavy (non-hydrogen) atoms. The van der Waals surface area contributed by atoms with E-state index in [1.54, 1.807) is 6.07 Å². The first-order chi connectivity index (χ1) is 13.4. The quantitative estimate of drug-likeness (QED) is 0.566. The molecule has 0 aliphatic carbocycles. The standard InChI is InChI=1S/C9H12N2O3S.C8H5F4NO/c12-15(13,14)8-3-4-9(10-7-8)11-5-1-2-6-11;9-4-1-2-5(7(13)14)6(3-4)8(10,11)12/h3-4,7H,1-2,5-6H2,(H,12,13,14);1-3H,(H2,13,14). The second-order valence-electron chi connectivity index (χ2n) is 6.07. The highest BCUT2D eigenvalue weighted by Crippen LogP contribution is 2.32. The van der Waals surface area contributed by atoms with Crippen LogP contribution in [0.5, 0.6) is 0 Å². The van der Waals surface area contributed by atoms with E-state index >= 15 is 0 Å². The molecule has 2 heterocycles. The summed E-state index contributed by atoms with van der Waals surface area (Å²) in [6, 6.07) is 4.68. The minimum absolute atomic E-state index is 0.162. The molecular formula is C17H17F4N3O4S. The molecule has 1 amide bonds. The van der Waals surface area contributed by atoms with Crippen LogP contribution in [0, 0.1) is 5.82 Å². The molecule has 0 saturated carbocycles. The molecule has 0 atom stereocenters. The number of nitrogens with zero attached hydrogens (tertiary/aromatic N) is 2. The van der Waals surface area contributed by atoms with Crippen LogP contribution < -0.4 is 10.6 Å². The van der Waals surface area contributed by atoms with Crippen LogP contribution in [0.15, 0.2) is 41.4 Å². The summed E-state index contributed by atoms with van der Waals surface area (Å²) >= 11 is 0. The summed E-state index contributed by atoms with van der Waals surface area (Å²) in [4.78, 5) is 16.5. The van der Waals surface area contributed by atoms with Gasteiger partial charge >= 0.3 is 6.18 Å². The van der Waals surface area contributed by atoms with E-state index in [0.717, 1.165) is 37.8 Å². The lowest BCUT2D eigenvalue weighted by molar-refractivity contribution is -0.138. The van der Waals surface area contributed by atoms with E-state index in [0.29, 0.717) is 6.07 Å². The van der Waals surface area contributed by atoms with Crippen LogP contribution in [0.4, 0.5) is 23.4 Å². The first-order valence-electron chi connectivity index (χ1n) is 8.24. The SMILES string of the molecule is NC(=O)c1ccc(F)cc1C(F)(F)F.O=S(=O)(O)c1ccc(N2CCCC2)nc1. The molecule has 12 heteroatoms. The number of carbonyl (C=O) groups is 1. The number of pyridine rings is 1. The van der Waals surface area contributed by atoms with Crippen molar-refractivity contribution in [2.24, 2.45) is 5.73 Å². The Labute approximate surface area is 163 Å². The lowest BCUT2D eigenvalue weighted by atomic mass is 10.1. The van der Waals surface area contributed by atoms with Gasteiger partial charge in [-0.1, -0.05) is 0 Å². The van der Waals surface area contributed by atoms with Gasteiger partial charge in [-0.3, -0.25) is 9.35 Å². The van der Waals surface area contributed by atoms with Crippen molar-refractivity contribution in [3.05, 3.63) is 53.5 Å². The Morgan fingerprint density at radius 1 is 1.14 bits per heavy atom. The van der Waals surface area contributed by atoms with Crippen molar-refractivity contribution < 1.29 is 35.3 Å². The first kappa shape index (κ1) is 22.6. The van der Waals surface area contributed by atoms with Crippen molar-refractivity contribution in [3.8, 4) is 0 Å². The van der Waals surface area contributed by atoms with Crippen LogP contribution in [-0.4, -0.2) is 37.0 Å². The van der Waals surface area contributed by atoms with E-state index in [4.69, 9.17) is 10.3 Å². The number of aromatic nitrogens is 1. The molecule has 3 N–H and O–H groups in total. The molecule has 2 aromatic rings. The van der Waals surface area contributed by atoms with Gasteiger partial charge in [-0.2, -0.15) is 21.6 Å². The molecule has 1 aromatic carbocycles. The zero-order chi connectivity index (χ0) is 21.8. The average Bonchev–Trinajstić information content (AvgIpc) is 3.15. The highest BCUT2D eigenvalue weighted by Gasteiger charge is 2.35. The van der Waals surface area contributed by atoms with Gasteiger partial charge in [0.1, 0.15) is 16.5 Å². The number of amides is 1. The highest BCUT2D eigenvalue weighted by molar-refractivity contribution is 7.85. The summed E-state index contributed by atoms with van der Waals surface area (Å²) in [5, 5.41) is 0. The van der Waals surface area contributed by atoms with Gasteiger partial charge in [0.25, 0.3) is 10.1 Å². The molecule has 0 bridgehead atoms. The summed E-state index contributed by atoms with van der Waals surface area (Å²) in [6.07, 6.45) is -1.32. The normalized spacial score (nSPS) is 14.3. The number of carbonyl (C=O) groups excluding carboxylic acids is 1. The number of anilines is 1. The second kappa shape index (κ2) is 8.74. The number of rotatable bonds is 3. The fourth-order valence-corrected chi connectivity index (χ4v) is 3.05. The van der Waals surface area contributed by atoms with E-state index < -0.39 is 39.1 Å². The maximum Gasteiger partial charge on any atom is 0.417 e. The molecule has 0 unspecified atom stereocenters. The number of hydrogen-bond acceptors (Lipinski definition) is 5. The Morgan fingerprint density at radius 3 is 2.21 bits per heavy atom. The first-order valence-corrected chi connectivity index (χ1v) is 9.68. The van der Waals surface area contributed by atoms with E-state index in [9.17, 15) is 30.8 Å². The largest absolute Gasteiger partial charge is 0.417 e. The Balaban J connectivity index is 0.000000208. The lowest BCUT2D eigenvalue weighted by Gasteiger charge is -2.15. The summed E-state index contributed by atoms with van der Waals surface area (Å²) < 4.78 is 79.4. The minimum Gasteiger partial charge on any atom is -0.366 e. The van der Waals surface area contributed by atoms with E-state index in [1.807, 2.05) is 0 Å². The Bertz CT molecular complexity index is 973. The third-order valence-corrected chi connectivity index (χ3v) is 4.84. The molecule has 1 fully saturated rings. The van der Waals surface area contributed by atoms with Gasteiger partial charge < -0.3 is 10.6 Å². The van der Waals surface area contributed by atoms with Gasteiger partial charge in [0.05, 0.1) is 17.3 Å². The fraction of sp³-hybridized carbons (Fsp3) is 0.294. The molecule has 0 spiro atoms. The summed E-state index contributed by atoms with van der Waals surface area (Å²) in [7, 11) is -4.12. The predicted octanol–water partition coefficient (Wildman–Crippen LogP) is 2.87. The lowest BCUT2D eigenvalue weighted by Crippen LogP contribution is -2.18. The van der Waals surface area contributed by atoms with Gasteiger partial charge in [0, 0.05) is 13.1 Å². The summed E-state index contributed by atoms with van der Waals surface area (Å²) in [6.45, 7) is 1.91. The third kappa shape index (κ3) is 6.12. The maximum atomic E-state index is 12.5. The van der Waals surface area contributed by atoms with E-state index in [-0.39, 0.29) is 11.0 Å². The zero-order valence-corrected chi connectivity index (χ0v) is 15.7. The molecule has 1 aliphatic heterocycles. The van der Waals surface area contributed by atoms with Gasteiger partial charge in [-0.25, -0.2) is 9.37 Å². The van der Waals surface area contributed by atoms with Gasteiger partial charge in [0.2, 0.25) is 5.91 Å². The van der Waals surface area contributed by atoms with Crippen molar-refractivity contribution in [1.82, 2.24) is 4.98 Å². The van der Waals surface area contributed by atoms with Crippen LogP contribution in [0.3, 0.4) is 0 Å². The molecule has 158 valence electrons. The monoisotopic (exact) mass is 435 g/mol. The number of benzene rings is 1.